The molecule has 0 saturated heterocycles. The highest BCUT2D eigenvalue weighted by Gasteiger charge is 2.08. The average Bonchev–Trinajstić information content (AvgIpc) is 2.45. The monoisotopic (exact) mass is 278 g/mol. The minimum atomic E-state index is -2.02. The lowest BCUT2D eigenvalue weighted by molar-refractivity contribution is 0.284. The second-order valence-electron chi connectivity index (χ2n) is 3.84. The standard InChI is InChI=1S/C14H14O4S/c1-17-14-9-12(19(15)16)7-8-13(14)18-10-11-5-3-2-4-6-11/h2-9H,10H2,1H3,(H,15,16). The molecule has 0 fully saturated rings. The first-order chi connectivity index (χ1) is 9.20. The first-order valence-corrected chi connectivity index (χ1v) is 6.77. The second kappa shape index (κ2) is 6.36. The van der Waals surface area contributed by atoms with Crippen LogP contribution in [0.15, 0.2) is 53.4 Å². The van der Waals surface area contributed by atoms with E-state index >= 15 is 0 Å². The highest BCUT2D eigenvalue weighted by Crippen LogP contribution is 2.29. The first kappa shape index (κ1) is 13.6. The number of methoxy groups -OCH3 is 1. The molecular weight excluding hydrogens is 264 g/mol. The summed E-state index contributed by atoms with van der Waals surface area (Å²) in [5.41, 5.74) is 1.04. The Morgan fingerprint density at radius 2 is 1.84 bits per heavy atom. The molecule has 0 heterocycles. The van der Waals surface area contributed by atoms with Crippen LogP contribution in [0.5, 0.6) is 11.5 Å². The Bertz CT molecular complexity index is 569. The van der Waals surface area contributed by atoms with Crippen molar-refractivity contribution in [2.24, 2.45) is 0 Å². The smallest absolute Gasteiger partial charge is 0.186 e. The van der Waals surface area contributed by atoms with Crippen LogP contribution in [0.2, 0.25) is 0 Å². The molecule has 4 nitrogen and oxygen atoms in total. The van der Waals surface area contributed by atoms with Crippen LogP contribution in [-0.4, -0.2) is 15.9 Å². The summed E-state index contributed by atoms with van der Waals surface area (Å²) in [7, 11) is 1.49. The molecule has 0 radical (unpaired) electrons. The molecule has 2 aromatic carbocycles. The van der Waals surface area contributed by atoms with Crippen molar-refractivity contribution in [2.45, 2.75) is 11.5 Å². The number of hydrogen-bond donors (Lipinski definition) is 1. The summed E-state index contributed by atoms with van der Waals surface area (Å²) in [6.45, 7) is 0.415. The summed E-state index contributed by atoms with van der Waals surface area (Å²) in [6, 6.07) is 14.4. The molecule has 0 aromatic heterocycles. The van der Waals surface area contributed by atoms with Crippen LogP contribution in [-0.2, 0) is 17.7 Å². The number of hydrogen-bond acceptors (Lipinski definition) is 3. The Hall–Kier alpha value is -1.85. The fourth-order valence-corrected chi connectivity index (χ4v) is 2.00. The Balaban J connectivity index is 2.14. The maximum Gasteiger partial charge on any atom is 0.186 e. The van der Waals surface area contributed by atoms with Gasteiger partial charge in [-0.3, -0.25) is 0 Å². The van der Waals surface area contributed by atoms with Crippen molar-refractivity contribution in [1.29, 1.82) is 0 Å². The van der Waals surface area contributed by atoms with Crippen molar-refractivity contribution in [1.82, 2.24) is 0 Å². The molecule has 0 aliphatic carbocycles. The van der Waals surface area contributed by atoms with Gasteiger partial charge in [-0.25, -0.2) is 4.21 Å². The van der Waals surface area contributed by atoms with Crippen LogP contribution in [0.1, 0.15) is 5.56 Å². The Morgan fingerprint density at radius 3 is 2.47 bits per heavy atom. The zero-order valence-electron chi connectivity index (χ0n) is 10.4. The third kappa shape index (κ3) is 3.56. The lowest BCUT2D eigenvalue weighted by Crippen LogP contribution is -1.98. The molecule has 0 aliphatic heterocycles. The predicted octanol–water partition coefficient (Wildman–Crippen LogP) is 2.85. The zero-order chi connectivity index (χ0) is 13.7. The normalized spacial score (nSPS) is 11.9. The van der Waals surface area contributed by atoms with Gasteiger partial charge in [0.15, 0.2) is 22.6 Å². The van der Waals surface area contributed by atoms with E-state index in [0.717, 1.165) is 5.56 Å². The fourth-order valence-electron chi connectivity index (χ4n) is 1.61. The molecule has 5 heteroatoms. The lowest BCUT2D eigenvalue weighted by atomic mass is 10.2. The van der Waals surface area contributed by atoms with E-state index in [0.29, 0.717) is 18.1 Å². The van der Waals surface area contributed by atoms with Gasteiger partial charge in [0.25, 0.3) is 0 Å². The van der Waals surface area contributed by atoms with Crippen molar-refractivity contribution in [3.8, 4) is 11.5 Å². The average molecular weight is 278 g/mol. The number of ether oxygens (including phenoxy) is 2. The number of rotatable bonds is 5. The van der Waals surface area contributed by atoms with Crippen molar-refractivity contribution in [2.75, 3.05) is 7.11 Å². The third-order valence-corrected chi connectivity index (χ3v) is 3.23. The Labute approximate surface area is 114 Å². The highest BCUT2D eigenvalue weighted by atomic mass is 32.2. The molecule has 19 heavy (non-hydrogen) atoms. The van der Waals surface area contributed by atoms with Gasteiger partial charge in [0.2, 0.25) is 0 Å². The Morgan fingerprint density at radius 1 is 1.11 bits per heavy atom. The minimum Gasteiger partial charge on any atom is -0.493 e. The molecule has 0 bridgehead atoms. The quantitative estimate of drug-likeness (QED) is 0.854. The van der Waals surface area contributed by atoms with E-state index in [1.54, 1.807) is 12.1 Å². The largest absolute Gasteiger partial charge is 0.493 e. The van der Waals surface area contributed by atoms with Gasteiger partial charge in [-0.05, 0) is 17.7 Å². The summed E-state index contributed by atoms with van der Waals surface area (Å²) in [4.78, 5) is 0.281. The van der Waals surface area contributed by atoms with Crippen LogP contribution in [0.25, 0.3) is 0 Å². The van der Waals surface area contributed by atoms with E-state index in [1.165, 1.54) is 13.2 Å². The summed E-state index contributed by atoms with van der Waals surface area (Å²) < 4.78 is 30.8. The van der Waals surface area contributed by atoms with Gasteiger partial charge in [-0.15, -0.1) is 0 Å². The molecule has 1 N–H and O–H groups in total. The molecule has 0 saturated carbocycles. The first-order valence-electron chi connectivity index (χ1n) is 5.66. The van der Waals surface area contributed by atoms with E-state index in [4.69, 9.17) is 14.0 Å². The van der Waals surface area contributed by atoms with Crippen molar-refractivity contribution in [3.63, 3.8) is 0 Å². The van der Waals surface area contributed by atoms with E-state index in [9.17, 15) is 4.21 Å². The SMILES string of the molecule is COc1cc(S(=O)O)ccc1OCc1ccccc1. The topological polar surface area (TPSA) is 55.8 Å². The molecule has 0 amide bonds. The summed E-state index contributed by atoms with van der Waals surface area (Å²) in [6.07, 6.45) is 0. The van der Waals surface area contributed by atoms with Crippen LogP contribution < -0.4 is 9.47 Å². The molecular formula is C14H14O4S. The van der Waals surface area contributed by atoms with Crippen LogP contribution >= 0.6 is 0 Å². The van der Waals surface area contributed by atoms with Gasteiger partial charge < -0.3 is 14.0 Å². The van der Waals surface area contributed by atoms with Gasteiger partial charge in [-0.1, -0.05) is 30.3 Å². The maximum atomic E-state index is 11.0. The third-order valence-electron chi connectivity index (χ3n) is 2.57. The van der Waals surface area contributed by atoms with Crippen LogP contribution in [0.3, 0.4) is 0 Å². The van der Waals surface area contributed by atoms with Gasteiger partial charge in [0.1, 0.15) is 6.61 Å². The van der Waals surface area contributed by atoms with Crippen molar-refractivity contribution >= 4 is 11.1 Å². The summed E-state index contributed by atoms with van der Waals surface area (Å²) >= 11 is -2.02. The van der Waals surface area contributed by atoms with Gasteiger partial charge in [0, 0.05) is 6.07 Å². The van der Waals surface area contributed by atoms with E-state index < -0.39 is 11.1 Å². The number of benzene rings is 2. The predicted molar refractivity (Wildman–Crippen MR) is 72.8 cm³/mol. The van der Waals surface area contributed by atoms with Crippen molar-refractivity contribution < 1.29 is 18.2 Å². The van der Waals surface area contributed by atoms with Crippen LogP contribution in [0.4, 0.5) is 0 Å². The van der Waals surface area contributed by atoms with E-state index in [2.05, 4.69) is 0 Å². The van der Waals surface area contributed by atoms with Gasteiger partial charge >= 0.3 is 0 Å². The summed E-state index contributed by atoms with van der Waals surface area (Å²) in [5, 5.41) is 0. The van der Waals surface area contributed by atoms with Gasteiger partial charge in [0.05, 0.1) is 12.0 Å². The summed E-state index contributed by atoms with van der Waals surface area (Å²) in [5.74, 6) is 0.983. The molecule has 0 aliphatic rings. The molecule has 2 aromatic rings. The Kier molecular flexibility index (Phi) is 4.54. The van der Waals surface area contributed by atoms with E-state index in [1.807, 2.05) is 30.3 Å². The molecule has 1 atom stereocenters. The van der Waals surface area contributed by atoms with Crippen LogP contribution in [0, 0.1) is 0 Å². The fraction of sp³-hybridized carbons (Fsp3) is 0.143. The molecule has 0 spiro atoms. The zero-order valence-corrected chi connectivity index (χ0v) is 11.2. The molecule has 1 unspecified atom stereocenters. The molecule has 2 rings (SSSR count). The second-order valence-corrected chi connectivity index (χ2v) is 4.81. The maximum absolute atomic E-state index is 11.0. The highest BCUT2D eigenvalue weighted by molar-refractivity contribution is 7.79. The minimum absolute atomic E-state index is 0.281. The lowest BCUT2D eigenvalue weighted by Gasteiger charge is -2.11. The van der Waals surface area contributed by atoms with E-state index in [-0.39, 0.29) is 4.90 Å². The van der Waals surface area contributed by atoms with Gasteiger partial charge in [-0.2, -0.15) is 0 Å². The van der Waals surface area contributed by atoms with Crippen molar-refractivity contribution in [3.05, 3.63) is 54.1 Å². The molecule has 100 valence electrons.